The van der Waals surface area contributed by atoms with Crippen molar-refractivity contribution in [3.8, 4) is 0 Å². The van der Waals surface area contributed by atoms with Gasteiger partial charge in [0.2, 0.25) is 5.91 Å². The number of Topliss-reactive ketones (excluding diaryl/α,β-unsaturated/α-hetero) is 1. The topological polar surface area (TPSA) is 68.1 Å². The second kappa shape index (κ2) is 7.25. The van der Waals surface area contributed by atoms with Crippen LogP contribution in [0.5, 0.6) is 0 Å². The Labute approximate surface area is 149 Å². The van der Waals surface area contributed by atoms with E-state index in [0.717, 1.165) is 35.5 Å². The smallest absolute Gasteiger partial charge is 0.223 e. The van der Waals surface area contributed by atoms with Crippen molar-refractivity contribution in [3.05, 3.63) is 46.0 Å². The van der Waals surface area contributed by atoms with Crippen LogP contribution >= 0.6 is 15.9 Å². The van der Waals surface area contributed by atoms with E-state index in [4.69, 9.17) is 0 Å². The SMILES string of the molecule is CN(Cc1nnc2n1CCC2)C(=O)CCC(=O)c1ccc(Br)cc1. The number of rotatable bonds is 6. The maximum Gasteiger partial charge on any atom is 0.223 e. The minimum absolute atomic E-state index is 0.0207. The Hall–Kier alpha value is -2.02. The van der Waals surface area contributed by atoms with Crippen LogP contribution in [0.25, 0.3) is 0 Å². The summed E-state index contributed by atoms with van der Waals surface area (Å²) in [7, 11) is 1.74. The summed E-state index contributed by atoms with van der Waals surface area (Å²) in [4.78, 5) is 26.0. The van der Waals surface area contributed by atoms with Gasteiger partial charge in [0.15, 0.2) is 11.6 Å². The first-order valence-electron chi connectivity index (χ1n) is 7.98. The quantitative estimate of drug-likeness (QED) is 0.710. The molecular formula is C17H19BrN4O2. The second-order valence-electron chi connectivity index (χ2n) is 5.97. The van der Waals surface area contributed by atoms with Gasteiger partial charge < -0.3 is 9.47 Å². The molecule has 1 aromatic heterocycles. The summed E-state index contributed by atoms with van der Waals surface area (Å²) < 4.78 is 3.01. The van der Waals surface area contributed by atoms with Crippen LogP contribution in [0.2, 0.25) is 0 Å². The zero-order chi connectivity index (χ0) is 17.1. The molecule has 0 saturated heterocycles. The van der Waals surface area contributed by atoms with E-state index in [1.54, 1.807) is 24.1 Å². The third-order valence-corrected chi connectivity index (χ3v) is 4.75. The first-order valence-corrected chi connectivity index (χ1v) is 8.77. The van der Waals surface area contributed by atoms with E-state index in [2.05, 4.69) is 30.7 Å². The van der Waals surface area contributed by atoms with Crippen LogP contribution in [0.1, 0.15) is 41.3 Å². The van der Waals surface area contributed by atoms with Crippen molar-refractivity contribution in [2.45, 2.75) is 38.8 Å². The summed E-state index contributed by atoms with van der Waals surface area (Å²) in [5, 5.41) is 8.31. The lowest BCUT2D eigenvalue weighted by molar-refractivity contribution is -0.130. The summed E-state index contributed by atoms with van der Waals surface area (Å²) in [6.07, 6.45) is 2.44. The van der Waals surface area contributed by atoms with Gasteiger partial charge in [0, 0.05) is 42.9 Å². The lowest BCUT2D eigenvalue weighted by atomic mass is 10.1. The van der Waals surface area contributed by atoms with Crippen molar-refractivity contribution in [1.29, 1.82) is 0 Å². The van der Waals surface area contributed by atoms with E-state index in [1.807, 2.05) is 12.1 Å². The van der Waals surface area contributed by atoms with Crippen molar-refractivity contribution in [2.24, 2.45) is 0 Å². The summed E-state index contributed by atoms with van der Waals surface area (Å²) in [6, 6.07) is 7.18. The standard InChI is InChI=1S/C17H19BrN4O2/c1-21(11-16-20-19-15-3-2-10-22(15)16)17(24)9-8-14(23)12-4-6-13(18)7-5-12/h4-7H,2-3,8-11H2,1H3. The summed E-state index contributed by atoms with van der Waals surface area (Å²) in [5.41, 5.74) is 0.629. The monoisotopic (exact) mass is 390 g/mol. The molecule has 0 atom stereocenters. The molecule has 2 aromatic rings. The number of ketones is 1. The molecule has 7 heteroatoms. The largest absolute Gasteiger partial charge is 0.338 e. The number of benzene rings is 1. The van der Waals surface area contributed by atoms with Gasteiger partial charge in [-0.15, -0.1) is 10.2 Å². The van der Waals surface area contributed by atoms with Crippen LogP contribution in [0.3, 0.4) is 0 Å². The highest BCUT2D eigenvalue weighted by molar-refractivity contribution is 9.10. The molecular weight excluding hydrogens is 372 g/mol. The number of halogens is 1. The molecule has 1 aromatic carbocycles. The highest BCUT2D eigenvalue weighted by Gasteiger charge is 2.20. The lowest BCUT2D eigenvalue weighted by Crippen LogP contribution is -2.28. The molecule has 0 N–H and O–H groups in total. The molecule has 6 nitrogen and oxygen atoms in total. The Bertz CT molecular complexity index is 754. The van der Waals surface area contributed by atoms with Gasteiger partial charge in [0.25, 0.3) is 0 Å². The number of aryl methyl sites for hydroxylation is 1. The fourth-order valence-electron chi connectivity index (χ4n) is 2.82. The van der Waals surface area contributed by atoms with E-state index >= 15 is 0 Å². The van der Waals surface area contributed by atoms with E-state index in [0.29, 0.717) is 12.1 Å². The third-order valence-electron chi connectivity index (χ3n) is 4.22. The van der Waals surface area contributed by atoms with Crippen molar-refractivity contribution >= 4 is 27.6 Å². The van der Waals surface area contributed by atoms with Crippen molar-refractivity contribution in [1.82, 2.24) is 19.7 Å². The average Bonchev–Trinajstić information content (AvgIpc) is 3.18. The van der Waals surface area contributed by atoms with Crippen LogP contribution in [-0.2, 0) is 24.3 Å². The number of amides is 1. The van der Waals surface area contributed by atoms with Crippen molar-refractivity contribution < 1.29 is 9.59 Å². The molecule has 24 heavy (non-hydrogen) atoms. The van der Waals surface area contributed by atoms with E-state index in [9.17, 15) is 9.59 Å². The molecule has 3 rings (SSSR count). The Morgan fingerprint density at radius 3 is 2.71 bits per heavy atom. The van der Waals surface area contributed by atoms with Gasteiger partial charge in [-0.05, 0) is 18.6 Å². The molecule has 0 spiro atoms. The van der Waals surface area contributed by atoms with Gasteiger partial charge in [0.1, 0.15) is 5.82 Å². The van der Waals surface area contributed by atoms with E-state index in [1.165, 1.54) is 0 Å². The molecule has 0 saturated carbocycles. The fourth-order valence-corrected chi connectivity index (χ4v) is 3.08. The van der Waals surface area contributed by atoms with Gasteiger partial charge >= 0.3 is 0 Å². The number of carbonyl (C=O) groups excluding carboxylic acids is 2. The molecule has 2 heterocycles. The molecule has 0 radical (unpaired) electrons. The summed E-state index contributed by atoms with van der Waals surface area (Å²) >= 11 is 3.34. The molecule has 1 aliphatic heterocycles. The van der Waals surface area contributed by atoms with Crippen molar-refractivity contribution in [2.75, 3.05) is 7.05 Å². The Morgan fingerprint density at radius 1 is 1.21 bits per heavy atom. The van der Waals surface area contributed by atoms with Crippen LogP contribution in [-0.4, -0.2) is 38.4 Å². The van der Waals surface area contributed by atoms with Gasteiger partial charge in [-0.1, -0.05) is 28.1 Å². The number of fused-ring (bicyclic) bond motifs is 1. The van der Waals surface area contributed by atoms with Gasteiger partial charge in [-0.2, -0.15) is 0 Å². The predicted octanol–water partition coefficient (Wildman–Crippen LogP) is 2.61. The second-order valence-corrected chi connectivity index (χ2v) is 6.88. The fraction of sp³-hybridized carbons (Fsp3) is 0.412. The number of aromatic nitrogens is 3. The normalized spacial score (nSPS) is 12.9. The van der Waals surface area contributed by atoms with Crippen LogP contribution in [0.4, 0.5) is 0 Å². The lowest BCUT2D eigenvalue weighted by Gasteiger charge is -2.16. The maximum absolute atomic E-state index is 12.3. The Balaban J connectivity index is 1.52. The van der Waals surface area contributed by atoms with E-state index in [-0.39, 0.29) is 24.5 Å². The number of hydrogen-bond acceptors (Lipinski definition) is 4. The molecule has 126 valence electrons. The van der Waals surface area contributed by atoms with Gasteiger partial charge in [-0.25, -0.2) is 0 Å². The Kier molecular flexibility index (Phi) is 5.08. The summed E-state index contributed by atoms with van der Waals surface area (Å²) in [5.74, 6) is 1.73. The third kappa shape index (κ3) is 3.72. The van der Waals surface area contributed by atoms with Crippen LogP contribution in [0, 0.1) is 0 Å². The van der Waals surface area contributed by atoms with Crippen molar-refractivity contribution in [3.63, 3.8) is 0 Å². The van der Waals surface area contributed by atoms with E-state index < -0.39 is 0 Å². The average molecular weight is 391 g/mol. The minimum Gasteiger partial charge on any atom is -0.338 e. The Morgan fingerprint density at radius 2 is 1.96 bits per heavy atom. The molecule has 1 amide bonds. The first kappa shape index (κ1) is 16.8. The number of nitrogens with zero attached hydrogens (tertiary/aromatic N) is 4. The predicted molar refractivity (Wildman–Crippen MR) is 92.5 cm³/mol. The molecule has 0 aliphatic carbocycles. The number of hydrogen-bond donors (Lipinski definition) is 0. The minimum atomic E-state index is -0.0594. The van der Waals surface area contributed by atoms with Gasteiger partial charge in [-0.3, -0.25) is 9.59 Å². The number of carbonyl (C=O) groups is 2. The zero-order valence-electron chi connectivity index (χ0n) is 13.5. The first-order chi connectivity index (χ1) is 11.5. The van der Waals surface area contributed by atoms with Crippen LogP contribution < -0.4 is 0 Å². The summed E-state index contributed by atoms with van der Waals surface area (Å²) in [6.45, 7) is 1.35. The highest BCUT2D eigenvalue weighted by Crippen LogP contribution is 2.16. The molecule has 1 aliphatic rings. The van der Waals surface area contributed by atoms with Gasteiger partial charge in [0.05, 0.1) is 6.54 Å². The highest BCUT2D eigenvalue weighted by atomic mass is 79.9. The zero-order valence-corrected chi connectivity index (χ0v) is 15.1. The molecule has 0 unspecified atom stereocenters. The van der Waals surface area contributed by atoms with Crippen LogP contribution in [0.15, 0.2) is 28.7 Å². The molecule has 0 fully saturated rings. The maximum atomic E-state index is 12.3. The molecule has 0 bridgehead atoms.